The number of hydrogen-bond acceptors (Lipinski definition) is 9. The molecule has 1 aliphatic heterocycles. The second-order valence-corrected chi connectivity index (χ2v) is 7.41. The zero-order valence-electron chi connectivity index (χ0n) is 18.3. The molecule has 1 aromatic heterocycles. The first-order valence-corrected chi connectivity index (χ1v) is 10.4. The van der Waals surface area contributed by atoms with Crippen LogP contribution in [0.5, 0.6) is 5.75 Å². The molecule has 3 aromatic rings. The Morgan fingerprint density at radius 2 is 1.68 bits per heavy atom. The van der Waals surface area contributed by atoms with Crippen molar-refractivity contribution in [2.24, 2.45) is 0 Å². The van der Waals surface area contributed by atoms with Crippen LogP contribution in [-0.2, 0) is 0 Å². The van der Waals surface area contributed by atoms with E-state index in [1.807, 2.05) is 29.2 Å². The van der Waals surface area contributed by atoms with E-state index in [9.17, 15) is 19.3 Å². The molecular formula is C22H22FN7O4. The van der Waals surface area contributed by atoms with E-state index >= 15 is 0 Å². The quantitative estimate of drug-likeness (QED) is 0.398. The summed E-state index contributed by atoms with van der Waals surface area (Å²) in [5.41, 5.74) is 5.72. The van der Waals surface area contributed by atoms with Gasteiger partial charge in [0.15, 0.2) is 0 Å². The molecule has 0 unspecified atom stereocenters. The van der Waals surface area contributed by atoms with Gasteiger partial charge >= 0.3 is 5.69 Å². The first-order chi connectivity index (χ1) is 16.5. The van der Waals surface area contributed by atoms with E-state index in [1.54, 1.807) is 7.11 Å². The van der Waals surface area contributed by atoms with Crippen molar-refractivity contribution in [1.29, 1.82) is 0 Å². The third kappa shape index (κ3) is 4.95. The van der Waals surface area contributed by atoms with Gasteiger partial charge in [0.25, 0.3) is 5.91 Å². The van der Waals surface area contributed by atoms with Crippen LogP contribution in [0.3, 0.4) is 0 Å². The van der Waals surface area contributed by atoms with Crippen molar-refractivity contribution in [3.05, 3.63) is 76.4 Å². The SMILES string of the molecule is COc1ccc(N2CCN(c3ncnc(NNC(=O)c4ccc(F)cc4)c3[N+](=O)[O-])CC2)cc1. The molecule has 1 amide bonds. The Balaban J connectivity index is 1.46. The number of nitrogens with zero attached hydrogens (tertiary/aromatic N) is 5. The first kappa shape index (κ1) is 22.7. The van der Waals surface area contributed by atoms with E-state index in [0.717, 1.165) is 23.6 Å². The summed E-state index contributed by atoms with van der Waals surface area (Å²) in [6.07, 6.45) is 1.20. The van der Waals surface area contributed by atoms with Crippen molar-refractivity contribution in [2.75, 3.05) is 48.5 Å². The van der Waals surface area contributed by atoms with Crippen molar-refractivity contribution in [3.63, 3.8) is 0 Å². The lowest BCUT2D eigenvalue weighted by molar-refractivity contribution is -0.383. The van der Waals surface area contributed by atoms with Crippen LogP contribution in [0.15, 0.2) is 54.9 Å². The van der Waals surface area contributed by atoms with Gasteiger partial charge in [-0.25, -0.2) is 14.4 Å². The van der Waals surface area contributed by atoms with E-state index in [1.165, 1.54) is 18.5 Å². The molecule has 0 saturated carbocycles. The minimum absolute atomic E-state index is 0.150. The third-order valence-electron chi connectivity index (χ3n) is 5.40. The maximum absolute atomic E-state index is 13.1. The number of nitrogens with one attached hydrogen (secondary N) is 2. The highest BCUT2D eigenvalue weighted by atomic mass is 19.1. The van der Waals surface area contributed by atoms with E-state index in [2.05, 4.69) is 25.7 Å². The number of amides is 1. The Bertz CT molecular complexity index is 1170. The lowest BCUT2D eigenvalue weighted by atomic mass is 10.2. The summed E-state index contributed by atoms with van der Waals surface area (Å²) in [6, 6.07) is 12.6. The molecule has 1 fully saturated rings. The van der Waals surface area contributed by atoms with Gasteiger partial charge < -0.3 is 14.5 Å². The van der Waals surface area contributed by atoms with Gasteiger partial charge in [-0.05, 0) is 48.5 Å². The predicted octanol–water partition coefficient (Wildman–Crippen LogP) is 2.62. The van der Waals surface area contributed by atoms with Crippen LogP contribution in [0.4, 0.5) is 27.4 Å². The molecule has 34 heavy (non-hydrogen) atoms. The summed E-state index contributed by atoms with van der Waals surface area (Å²) < 4.78 is 18.3. The monoisotopic (exact) mass is 467 g/mol. The molecular weight excluding hydrogens is 445 g/mol. The topological polar surface area (TPSA) is 126 Å². The molecule has 0 radical (unpaired) electrons. The highest BCUT2D eigenvalue weighted by Crippen LogP contribution is 2.32. The Hall–Kier alpha value is -4.48. The lowest BCUT2D eigenvalue weighted by Gasteiger charge is -2.36. The van der Waals surface area contributed by atoms with E-state index < -0.39 is 16.6 Å². The van der Waals surface area contributed by atoms with E-state index in [0.29, 0.717) is 26.2 Å². The predicted molar refractivity (Wildman–Crippen MR) is 124 cm³/mol. The van der Waals surface area contributed by atoms with Gasteiger partial charge in [0.05, 0.1) is 12.0 Å². The van der Waals surface area contributed by atoms with Crippen LogP contribution in [0.25, 0.3) is 0 Å². The summed E-state index contributed by atoms with van der Waals surface area (Å²) in [5.74, 6) is -0.295. The van der Waals surface area contributed by atoms with Crippen LogP contribution in [0, 0.1) is 15.9 Å². The Labute approximate surface area is 194 Å². The number of piperazine rings is 1. The zero-order valence-corrected chi connectivity index (χ0v) is 18.3. The summed E-state index contributed by atoms with van der Waals surface area (Å²) in [6.45, 7) is 2.28. The van der Waals surface area contributed by atoms with Gasteiger partial charge in [-0.1, -0.05) is 0 Å². The average Bonchev–Trinajstić information content (AvgIpc) is 2.87. The average molecular weight is 467 g/mol. The molecule has 0 atom stereocenters. The number of nitro groups is 1. The zero-order chi connectivity index (χ0) is 24.1. The molecule has 2 aromatic carbocycles. The first-order valence-electron chi connectivity index (χ1n) is 10.4. The Morgan fingerprint density at radius 3 is 2.29 bits per heavy atom. The molecule has 0 aliphatic carbocycles. The van der Waals surface area contributed by atoms with Gasteiger partial charge in [0.1, 0.15) is 17.9 Å². The second kappa shape index (κ2) is 9.98. The molecule has 1 aliphatic rings. The van der Waals surface area contributed by atoms with Crippen molar-refractivity contribution >= 4 is 28.9 Å². The molecule has 11 nitrogen and oxygen atoms in total. The summed E-state index contributed by atoms with van der Waals surface area (Å²) >= 11 is 0. The van der Waals surface area contributed by atoms with Crippen molar-refractivity contribution in [1.82, 2.24) is 15.4 Å². The van der Waals surface area contributed by atoms with Crippen LogP contribution >= 0.6 is 0 Å². The van der Waals surface area contributed by atoms with Gasteiger partial charge in [-0.2, -0.15) is 0 Å². The summed E-state index contributed by atoms with van der Waals surface area (Å²) in [4.78, 5) is 35.6. The number of rotatable bonds is 7. The Morgan fingerprint density at radius 1 is 1.03 bits per heavy atom. The van der Waals surface area contributed by atoms with Gasteiger partial charge in [0.2, 0.25) is 11.6 Å². The van der Waals surface area contributed by atoms with Gasteiger partial charge in [0, 0.05) is 37.4 Å². The molecule has 0 bridgehead atoms. The number of benzene rings is 2. The molecule has 2 heterocycles. The molecule has 2 N–H and O–H groups in total. The van der Waals surface area contributed by atoms with Crippen LogP contribution < -0.4 is 25.4 Å². The van der Waals surface area contributed by atoms with Crippen LogP contribution in [-0.4, -0.2) is 54.1 Å². The standard InChI is InChI=1S/C22H22FN7O4/c1-34-18-8-6-17(7-9-18)28-10-12-29(13-11-28)21-19(30(32)33)20(24-14-25-21)26-27-22(31)15-2-4-16(23)5-3-15/h2-9,14H,10-13H2,1H3,(H,27,31)(H,24,25,26). The van der Waals surface area contributed by atoms with Crippen LogP contribution in [0.1, 0.15) is 10.4 Å². The lowest BCUT2D eigenvalue weighted by Crippen LogP contribution is -2.47. The maximum atomic E-state index is 13.1. The molecule has 4 rings (SSSR count). The number of ether oxygens (including phenoxy) is 1. The smallest absolute Gasteiger partial charge is 0.355 e. The molecule has 1 saturated heterocycles. The number of anilines is 3. The van der Waals surface area contributed by atoms with Gasteiger partial charge in [-0.3, -0.25) is 25.8 Å². The summed E-state index contributed by atoms with van der Waals surface area (Å²) in [5, 5.41) is 11.9. The number of methoxy groups -OCH3 is 1. The van der Waals surface area contributed by atoms with Crippen LogP contribution in [0.2, 0.25) is 0 Å². The minimum Gasteiger partial charge on any atom is -0.497 e. The normalized spacial score (nSPS) is 13.4. The van der Waals surface area contributed by atoms with E-state index in [4.69, 9.17) is 4.74 Å². The van der Waals surface area contributed by atoms with E-state index in [-0.39, 0.29) is 22.9 Å². The number of halogens is 1. The minimum atomic E-state index is -0.595. The van der Waals surface area contributed by atoms with Crippen molar-refractivity contribution in [3.8, 4) is 5.75 Å². The number of carbonyl (C=O) groups excluding carboxylic acids is 1. The summed E-state index contributed by atoms with van der Waals surface area (Å²) in [7, 11) is 1.61. The Kier molecular flexibility index (Phi) is 6.67. The fourth-order valence-corrected chi connectivity index (χ4v) is 3.62. The van der Waals surface area contributed by atoms with Gasteiger partial charge in [-0.15, -0.1) is 0 Å². The molecule has 12 heteroatoms. The number of aromatic nitrogens is 2. The molecule has 0 spiro atoms. The maximum Gasteiger partial charge on any atom is 0.355 e. The highest BCUT2D eigenvalue weighted by Gasteiger charge is 2.29. The number of hydrogen-bond donors (Lipinski definition) is 2. The van der Waals surface area contributed by atoms with Crippen molar-refractivity contribution in [2.45, 2.75) is 0 Å². The fourth-order valence-electron chi connectivity index (χ4n) is 3.62. The fraction of sp³-hybridized carbons (Fsp3) is 0.227. The number of carbonyl (C=O) groups is 1. The molecule has 176 valence electrons. The largest absolute Gasteiger partial charge is 0.497 e. The number of hydrazine groups is 1. The van der Waals surface area contributed by atoms with Crippen molar-refractivity contribution < 1.29 is 18.8 Å². The highest BCUT2D eigenvalue weighted by molar-refractivity contribution is 5.95. The second-order valence-electron chi connectivity index (χ2n) is 7.41. The third-order valence-corrected chi connectivity index (χ3v) is 5.40.